The van der Waals surface area contributed by atoms with Crippen LogP contribution in [0.3, 0.4) is 0 Å². The smallest absolute Gasteiger partial charge is 0.222 e. The molecule has 0 rings (SSSR count). The first-order valence-corrected chi connectivity index (χ1v) is 8.23. The van der Waals surface area contributed by atoms with Crippen LogP contribution in [0.2, 0.25) is 0 Å². The summed E-state index contributed by atoms with van der Waals surface area (Å²) in [5.41, 5.74) is 0.286. The molecule has 0 aromatic heterocycles. The molecule has 0 spiro atoms. The van der Waals surface area contributed by atoms with Crippen molar-refractivity contribution >= 4 is 5.91 Å². The lowest BCUT2D eigenvalue weighted by Crippen LogP contribution is -2.37. The highest BCUT2D eigenvalue weighted by molar-refractivity contribution is 5.77. The average molecular weight is 269 g/mol. The van der Waals surface area contributed by atoms with E-state index in [1.165, 1.54) is 51.4 Å². The Bertz CT molecular complexity index is 237. The number of carbonyl (C=O) groups excluding carboxylic acids is 1. The van der Waals surface area contributed by atoms with Gasteiger partial charge in [0.25, 0.3) is 0 Å². The quantitative estimate of drug-likeness (QED) is 0.530. The summed E-state index contributed by atoms with van der Waals surface area (Å²) in [7, 11) is 0. The molecule has 0 radical (unpaired) electrons. The van der Waals surface area contributed by atoms with Crippen molar-refractivity contribution in [3.63, 3.8) is 0 Å². The van der Waals surface area contributed by atoms with Gasteiger partial charge in [-0.2, -0.15) is 0 Å². The van der Waals surface area contributed by atoms with E-state index in [4.69, 9.17) is 0 Å². The Hall–Kier alpha value is -0.530. The van der Waals surface area contributed by atoms with Crippen LogP contribution >= 0.6 is 0 Å². The highest BCUT2D eigenvalue weighted by atomic mass is 16.1. The predicted molar refractivity (Wildman–Crippen MR) is 84.2 cm³/mol. The molecule has 0 aliphatic carbocycles. The molecule has 0 saturated carbocycles. The number of hydrogen-bond donors (Lipinski definition) is 1. The molecule has 1 atom stereocenters. The van der Waals surface area contributed by atoms with E-state index in [2.05, 4.69) is 26.1 Å². The van der Waals surface area contributed by atoms with Gasteiger partial charge in [-0.3, -0.25) is 4.79 Å². The molecule has 0 heterocycles. The maximum Gasteiger partial charge on any atom is 0.222 e. The summed E-state index contributed by atoms with van der Waals surface area (Å²) in [6, 6.07) is 0. The molecule has 1 amide bonds. The van der Waals surface area contributed by atoms with Gasteiger partial charge in [0.2, 0.25) is 5.91 Å². The molecule has 2 heteroatoms. The lowest BCUT2D eigenvalue weighted by molar-refractivity contribution is -0.124. The number of hydrogen-bond acceptors (Lipinski definition) is 1. The molecule has 0 saturated heterocycles. The topological polar surface area (TPSA) is 29.1 Å². The molecule has 19 heavy (non-hydrogen) atoms. The van der Waals surface area contributed by atoms with Crippen LogP contribution in [0.4, 0.5) is 0 Å². The second-order valence-electron chi connectivity index (χ2n) is 6.60. The molecule has 1 unspecified atom stereocenters. The lowest BCUT2D eigenvalue weighted by Gasteiger charge is -2.30. The third kappa shape index (κ3) is 9.07. The maximum atomic E-state index is 11.7. The van der Waals surface area contributed by atoms with Gasteiger partial charge in [-0.1, -0.05) is 73.1 Å². The van der Waals surface area contributed by atoms with Gasteiger partial charge < -0.3 is 5.32 Å². The fourth-order valence-electron chi connectivity index (χ4n) is 2.39. The van der Waals surface area contributed by atoms with Crippen molar-refractivity contribution < 1.29 is 4.79 Å². The zero-order valence-electron chi connectivity index (χ0n) is 13.8. The highest BCUT2D eigenvalue weighted by Crippen LogP contribution is 2.30. The largest absolute Gasteiger partial charge is 0.355 e. The Balaban J connectivity index is 4.20. The zero-order chi connectivity index (χ0) is 14.7. The van der Waals surface area contributed by atoms with E-state index in [0.29, 0.717) is 0 Å². The van der Waals surface area contributed by atoms with Crippen LogP contribution in [0, 0.1) is 11.3 Å². The van der Waals surface area contributed by atoms with Crippen LogP contribution in [0.25, 0.3) is 0 Å². The van der Waals surface area contributed by atoms with Crippen LogP contribution in [0.1, 0.15) is 86.0 Å². The Morgan fingerprint density at radius 2 is 1.58 bits per heavy atom. The highest BCUT2D eigenvalue weighted by Gasteiger charge is 2.24. The second-order valence-corrected chi connectivity index (χ2v) is 6.60. The summed E-state index contributed by atoms with van der Waals surface area (Å²) in [6.07, 6.45) is 10.2. The van der Waals surface area contributed by atoms with E-state index in [1.807, 2.05) is 13.8 Å². The monoisotopic (exact) mass is 269 g/mol. The first kappa shape index (κ1) is 18.5. The summed E-state index contributed by atoms with van der Waals surface area (Å²) in [5.74, 6) is 0.284. The first-order chi connectivity index (χ1) is 8.95. The molecule has 0 aromatic rings. The van der Waals surface area contributed by atoms with Crippen molar-refractivity contribution in [1.82, 2.24) is 5.32 Å². The molecule has 0 bridgehead atoms. The molecule has 1 N–H and O–H groups in total. The molecule has 0 aromatic carbocycles. The fourth-order valence-corrected chi connectivity index (χ4v) is 2.39. The van der Waals surface area contributed by atoms with Crippen LogP contribution < -0.4 is 5.32 Å². The van der Waals surface area contributed by atoms with Crippen molar-refractivity contribution in [1.29, 1.82) is 0 Å². The van der Waals surface area contributed by atoms with Gasteiger partial charge in [0.05, 0.1) is 0 Å². The van der Waals surface area contributed by atoms with Gasteiger partial charge in [-0.25, -0.2) is 0 Å². The number of nitrogens with one attached hydrogen (secondary N) is 1. The third-order valence-electron chi connectivity index (χ3n) is 3.98. The van der Waals surface area contributed by atoms with E-state index in [0.717, 1.165) is 6.54 Å². The number of unbranched alkanes of at least 4 members (excludes halogenated alkanes) is 4. The van der Waals surface area contributed by atoms with Crippen molar-refractivity contribution in [3.8, 4) is 0 Å². The van der Waals surface area contributed by atoms with Crippen LogP contribution in [-0.4, -0.2) is 12.5 Å². The van der Waals surface area contributed by atoms with E-state index >= 15 is 0 Å². The summed E-state index contributed by atoms with van der Waals surface area (Å²) in [5, 5.41) is 3.13. The van der Waals surface area contributed by atoms with E-state index < -0.39 is 0 Å². The molecule has 114 valence electrons. The van der Waals surface area contributed by atoms with Gasteiger partial charge in [-0.15, -0.1) is 0 Å². The van der Waals surface area contributed by atoms with E-state index in [-0.39, 0.29) is 17.2 Å². The fraction of sp³-hybridized carbons (Fsp3) is 0.941. The summed E-state index contributed by atoms with van der Waals surface area (Å²) >= 11 is 0. The third-order valence-corrected chi connectivity index (χ3v) is 3.98. The number of rotatable bonds is 11. The van der Waals surface area contributed by atoms with Gasteiger partial charge in [0.15, 0.2) is 0 Å². The van der Waals surface area contributed by atoms with Crippen LogP contribution in [-0.2, 0) is 4.79 Å². The van der Waals surface area contributed by atoms with Gasteiger partial charge >= 0.3 is 0 Å². The van der Waals surface area contributed by atoms with Crippen molar-refractivity contribution in [2.24, 2.45) is 11.3 Å². The normalized spacial score (nSPS) is 14.4. The molecule has 2 nitrogen and oxygen atoms in total. The Kier molecular flexibility index (Phi) is 9.99. The second kappa shape index (κ2) is 10.3. The van der Waals surface area contributed by atoms with Crippen molar-refractivity contribution in [2.75, 3.05) is 6.54 Å². The standard InChI is InChI=1S/C17H35NO/c1-6-8-10-11-13-17(5,12-9-7-2)14-18-16(19)15(3)4/h15H,6-14H2,1-5H3,(H,18,19). The zero-order valence-corrected chi connectivity index (χ0v) is 13.8. The van der Waals surface area contributed by atoms with Crippen molar-refractivity contribution in [2.45, 2.75) is 86.0 Å². The summed E-state index contributed by atoms with van der Waals surface area (Å²) < 4.78 is 0. The maximum absolute atomic E-state index is 11.7. The van der Waals surface area contributed by atoms with Crippen LogP contribution in [0.15, 0.2) is 0 Å². The van der Waals surface area contributed by atoms with Crippen molar-refractivity contribution in [3.05, 3.63) is 0 Å². The van der Waals surface area contributed by atoms with Gasteiger partial charge in [0, 0.05) is 12.5 Å². The SMILES string of the molecule is CCCCCCC(C)(CCCC)CNC(=O)C(C)C. The first-order valence-electron chi connectivity index (χ1n) is 8.23. The minimum Gasteiger partial charge on any atom is -0.355 e. The molecule has 0 aliphatic rings. The Morgan fingerprint density at radius 1 is 1.00 bits per heavy atom. The minimum absolute atomic E-state index is 0.0931. The van der Waals surface area contributed by atoms with Crippen LogP contribution in [0.5, 0.6) is 0 Å². The van der Waals surface area contributed by atoms with Gasteiger partial charge in [-0.05, 0) is 18.3 Å². The number of amides is 1. The molecule has 0 aliphatic heterocycles. The average Bonchev–Trinajstić information content (AvgIpc) is 2.39. The van der Waals surface area contributed by atoms with Gasteiger partial charge in [0.1, 0.15) is 0 Å². The Labute approximate surface area is 120 Å². The number of carbonyl (C=O) groups is 1. The molecule has 0 fully saturated rings. The van der Waals surface area contributed by atoms with E-state index in [1.54, 1.807) is 0 Å². The summed E-state index contributed by atoms with van der Waals surface area (Å²) in [6.45, 7) is 11.6. The Morgan fingerprint density at radius 3 is 2.11 bits per heavy atom. The molecular formula is C17H35NO. The van der Waals surface area contributed by atoms with E-state index in [9.17, 15) is 4.79 Å². The minimum atomic E-state index is 0.0931. The summed E-state index contributed by atoms with van der Waals surface area (Å²) in [4.78, 5) is 11.7. The molecular weight excluding hydrogens is 234 g/mol. The predicted octanol–water partition coefficient (Wildman–Crippen LogP) is 4.93. The lowest BCUT2D eigenvalue weighted by atomic mass is 9.79.